The summed E-state index contributed by atoms with van der Waals surface area (Å²) in [5.41, 5.74) is 1.02. The van der Waals surface area contributed by atoms with E-state index in [1.54, 1.807) is 6.07 Å². The van der Waals surface area contributed by atoms with Gasteiger partial charge >= 0.3 is 0 Å². The molecule has 14 heavy (non-hydrogen) atoms. The van der Waals surface area contributed by atoms with Crippen molar-refractivity contribution in [3.05, 3.63) is 34.1 Å². The molecular formula is C11H13BrClF. The molecule has 0 bridgehead atoms. The van der Waals surface area contributed by atoms with Crippen LogP contribution in [-0.4, -0.2) is 5.88 Å². The third-order valence-electron chi connectivity index (χ3n) is 2.20. The van der Waals surface area contributed by atoms with Crippen LogP contribution < -0.4 is 0 Å². The number of hydrogen-bond acceptors (Lipinski definition) is 0. The molecule has 1 aromatic rings. The second kappa shape index (κ2) is 5.72. The van der Waals surface area contributed by atoms with Crippen LogP contribution in [0, 0.1) is 11.7 Å². The van der Waals surface area contributed by atoms with Gasteiger partial charge in [0.25, 0.3) is 0 Å². The molecule has 3 heteroatoms. The van der Waals surface area contributed by atoms with Crippen LogP contribution in [0.4, 0.5) is 4.39 Å². The maximum Gasteiger partial charge on any atom is 0.137 e. The van der Waals surface area contributed by atoms with Crippen molar-refractivity contribution < 1.29 is 4.39 Å². The number of halogens is 3. The Bertz CT molecular complexity index is 301. The van der Waals surface area contributed by atoms with Crippen molar-refractivity contribution >= 4 is 27.5 Å². The van der Waals surface area contributed by atoms with E-state index in [1.807, 2.05) is 6.07 Å². The Morgan fingerprint density at radius 2 is 2.21 bits per heavy atom. The van der Waals surface area contributed by atoms with Gasteiger partial charge in [0.1, 0.15) is 5.82 Å². The van der Waals surface area contributed by atoms with E-state index in [9.17, 15) is 4.39 Å². The Hall–Kier alpha value is -0.0800. The second-order valence-electron chi connectivity index (χ2n) is 3.51. The molecule has 0 heterocycles. The number of benzene rings is 1. The van der Waals surface area contributed by atoms with Gasteiger partial charge in [-0.05, 0) is 46.3 Å². The Balaban J connectivity index is 2.63. The van der Waals surface area contributed by atoms with Crippen LogP contribution in [0.15, 0.2) is 22.7 Å². The number of rotatable bonds is 4. The van der Waals surface area contributed by atoms with Crippen molar-refractivity contribution in [3.8, 4) is 0 Å². The zero-order chi connectivity index (χ0) is 10.6. The Morgan fingerprint density at radius 1 is 1.50 bits per heavy atom. The molecule has 0 fully saturated rings. The molecule has 0 N–H and O–H groups in total. The predicted octanol–water partition coefficient (Wildman–Crippen LogP) is 4.40. The summed E-state index contributed by atoms with van der Waals surface area (Å²) in [5.74, 6) is 0.945. The fourth-order valence-corrected chi connectivity index (χ4v) is 1.84. The van der Waals surface area contributed by atoms with Gasteiger partial charge in [-0.25, -0.2) is 4.39 Å². The topological polar surface area (TPSA) is 0 Å². The molecule has 0 saturated carbocycles. The van der Waals surface area contributed by atoms with E-state index in [2.05, 4.69) is 22.9 Å². The summed E-state index contributed by atoms with van der Waals surface area (Å²) >= 11 is 8.95. The van der Waals surface area contributed by atoms with Crippen LogP contribution in [0.3, 0.4) is 0 Å². The molecule has 1 rings (SSSR count). The van der Waals surface area contributed by atoms with E-state index in [1.165, 1.54) is 6.07 Å². The maximum absolute atomic E-state index is 13.1. The van der Waals surface area contributed by atoms with Crippen molar-refractivity contribution in [2.24, 2.45) is 5.92 Å². The Labute approximate surface area is 97.6 Å². The molecule has 1 atom stereocenters. The molecular weight excluding hydrogens is 266 g/mol. The van der Waals surface area contributed by atoms with Gasteiger partial charge in [0.2, 0.25) is 0 Å². The highest BCUT2D eigenvalue weighted by atomic mass is 79.9. The zero-order valence-corrected chi connectivity index (χ0v) is 10.4. The molecule has 1 aromatic carbocycles. The first kappa shape index (κ1) is 12.0. The van der Waals surface area contributed by atoms with E-state index in [-0.39, 0.29) is 5.82 Å². The molecule has 0 saturated heterocycles. The summed E-state index contributed by atoms with van der Waals surface area (Å²) in [7, 11) is 0. The highest BCUT2D eigenvalue weighted by molar-refractivity contribution is 9.10. The lowest BCUT2D eigenvalue weighted by molar-refractivity contribution is 0.583. The smallest absolute Gasteiger partial charge is 0.137 e. The van der Waals surface area contributed by atoms with Gasteiger partial charge in [-0.1, -0.05) is 19.1 Å². The molecule has 1 unspecified atom stereocenters. The molecule has 0 aliphatic rings. The molecule has 0 aliphatic carbocycles. The van der Waals surface area contributed by atoms with E-state index in [4.69, 9.17) is 11.6 Å². The molecule has 78 valence electrons. The summed E-state index contributed by atoms with van der Waals surface area (Å²) in [6.45, 7) is 2.10. The van der Waals surface area contributed by atoms with Crippen LogP contribution in [0.1, 0.15) is 18.9 Å². The van der Waals surface area contributed by atoms with Crippen molar-refractivity contribution in [3.63, 3.8) is 0 Å². The van der Waals surface area contributed by atoms with Crippen LogP contribution >= 0.6 is 27.5 Å². The third-order valence-corrected chi connectivity index (χ3v) is 3.62. The first-order valence-electron chi connectivity index (χ1n) is 4.64. The normalized spacial score (nSPS) is 12.9. The fraction of sp³-hybridized carbons (Fsp3) is 0.455. The minimum Gasteiger partial charge on any atom is -0.206 e. The molecule has 0 aromatic heterocycles. The quantitative estimate of drug-likeness (QED) is 0.717. The van der Waals surface area contributed by atoms with Gasteiger partial charge < -0.3 is 0 Å². The van der Waals surface area contributed by atoms with Gasteiger partial charge in [-0.3, -0.25) is 0 Å². The van der Waals surface area contributed by atoms with Gasteiger partial charge in [0.15, 0.2) is 0 Å². The molecule has 0 nitrogen and oxygen atoms in total. The molecule has 0 aliphatic heterocycles. The van der Waals surface area contributed by atoms with E-state index in [0.29, 0.717) is 16.3 Å². The third kappa shape index (κ3) is 3.25. The lowest BCUT2D eigenvalue weighted by Crippen LogP contribution is -1.99. The van der Waals surface area contributed by atoms with Crippen molar-refractivity contribution in [2.45, 2.75) is 19.8 Å². The summed E-state index contributed by atoms with van der Waals surface area (Å²) in [5, 5.41) is 0. The lowest BCUT2D eigenvalue weighted by Gasteiger charge is -2.08. The highest BCUT2D eigenvalue weighted by Gasteiger charge is 2.06. The SMILES string of the molecule is CC(CCl)CCc1cccc(F)c1Br. The van der Waals surface area contributed by atoms with Crippen LogP contribution in [-0.2, 0) is 6.42 Å². The summed E-state index contributed by atoms with van der Waals surface area (Å²) in [6.07, 6.45) is 1.86. The summed E-state index contributed by atoms with van der Waals surface area (Å²) in [6, 6.07) is 5.13. The standard InChI is InChI=1S/C11H13BrClF/c1-8(7-13)5-6-9-3-2-4-10(14)11(9)12/h2-4,8H,5-7H2,1H3. The first-order valence-corrected chi connectivity index (χ1v) is 5.96. The summed E-state index contributed by atoms with van der Waals surface area (Å²) in [4.78, 5) is 0. The van der Waals surface area contributed by atoms with Crippen LogP contribution in [0.2, 0.25) is 0 Å². The number of aryl methyl sites for hydroxylation is 1. The molecule has 0 radical (unpaired) electrons. The van der Waals surface area contributed by atoms with Crippen molar-refractivity contribution in [1.82, 2.24) is 0 Å². The Morgan fingerprint density at radius 3 is 2.86 bits per heavy atom. The lowest BCUT2D eigenvalue weighted by atomic mass is 10.0. The minimum absolute atomic E-state index is 0.193. The van der Waals surface area contributed by atoms with Gasteiger partial charge in [0, 0.05) is 5.88 Å². The first-order chi connectivity index (χ1) is 6.65. The Kier molecular flexibility index (Phi) is 4.90. The van der Waals surface area contributed by atoms with E-state index < -0.39 is 0 Å². The molecule has 0 amide bonds. The fourth-order valence-electron chi connectivity index (χ4n) is 1.22. The van der Waals surface area contributed by atoms with E-state index >= 15 is 0 Å². The van der Waals surface area contributed by atoms with E-state index in [0.717, 1.165) is 18.4 Å². The van der Waals surface area contributed by atoms with Gasteiger partial charge in [-0.15, -0.1) is 11.6 Å². The summed E-state index contributed by atoms with van der Waals surface area (Å²) < 4.78 is 13.7. The van der Waals surface area contributed by atoms with Crippen LogP contribution in [0.5, 0.6) is 0 Å². The average Bonchev–Trinajstić information content (AvgIpc) is 2.20. The average molecular weight is 280 g/mol. The largest absolute Gasteiger partial charge is 0.206 e. The predicted molar refractivity (Wildman–Crippen MR) is 62.3 cm³/mol. The maximum atomic E-state index is 13.1. The van der Waals surface area contributed by atoms with Gasteiger partial charge in [-0.2, -0.15) is 0 Å². The zero-order valence-electron chi connectivity index (χ0n) is 8.06. The monoisotopic (exact) mass is 278 g/mol. The molecule has 0 spiro atoms. The minimum atomic E-state index is -0.193. The van der Waals surface area contributed by atoms with Crippen molar-refractivity contribution in [1.29, 1.82) is 0 Å². The van der Waals surface area contributed by atoms with Gasteiger partial charge in [0.05, 0.1) is 4.47 Å². The number of alkyl halides is 1. The second-order valence-corrected chi connectivity index (χ2v) is 4.61. The van der Waals surface area contributed by atoms with Crippen LogP contribution in [0.25, 0.3) is 0 Å². The number of hydrogen-bond donors (Lipinski definition) is 0. The van der Waals surface area contributed by atoms with Crippen molar-refractivity contribution in [2.75, 3.05) is 5.88 Å². The highest BCUT2D eigenvalue weighted by Crippen LogP contribution is 2.22.